The Balaban J connectivity index is 1.37. The highest BCUT2D eigenvalue weighted by Crippen LogP contribution is 2.34. The summed E-state index contributed by atoms with van der Waals surface area (Å²) < 4.78 is 89.9. The summed E-state index contributed by atoms with van der Waals surface area (Å²) in [4.78, 5) is 20.4. The van der Waals surface area contributed by atoms with E-state index in [1.807, 2.05) is 0 Å². The summed E-state index contributed by atoms with van der Waals surface area (Å²) in [5.74, 6) is 4.86. The molecule has 2 aromatic carbocycles. The minimum absolute atomic E-state index is 0.00618. The van der Waals surface area contributed by atoms with Crippen LogP contribution in [0.1, 0.15) is 46.5 Å². The van der Waals surface area contributed by atoms with Crippen molar-refractivity contribution >= 4 is 17.2 Å². The number of hydrogen-bond donors (Lipinski definition) is 1. The maximum absolute atomic E-state index is 14.1. The van der Waals surface area contributed by atoms with Gasteiger partial charge in [0, 0.05) is 64.0 Å². The molecule has 7 nitrogen and oxygen atoms in total. The van der Waals surface area contributed by atoms with Gasteiger partial charge in [-0.05, 0) is 67.3 Å². The van der Waals surface area contributed by atoms with Crippen molar-refractivity contribution in [3.8, 4) is 11.8 Å². The second-order valence-electron chi connectivity index (χ2n) is 9.03. The fourth-order valence-electron chi connectivity index (χ4n) is 4.24. The number of aryl methyl sites for hydroxylation is 1. The van der Waals surface area contributed by atoms with Gasteiger partial charge in [-0.1, -0.05) is 18.1 Å². The molecule has 4 aromatic rings. The maximum Gasteiger partial charge on any atom is 0.416 e. The Hall–Kier alpha value is -4.20. The Kier molecular flexibility index (Phi) is 5.53. The molecule has 5 rings (SSSR count). The molecule has 0 aliphatic carbocycles. The number of hydrogen-bond acceptors (Lipinski definition) is 5. The van der Waals surface area contributed by atoms with E-state index in [2.05, 4.69) is 27.2 Å². The van der Waals surface area contributed by atoms with Crippen molar-refractivity contribution in [2.24, 2.45) is 0 Å². The van der Waals surface area contributed by atoms with Crippen LogP contribution in [0.25, 0.3) is 5.65 Å². The summed E-state index contributed by atoms with van der Waals surface area (Å²) in [6.07, 6.45) is -1.70. The molecule has 39 heavy (non-hydrogen) atoms. The highest BCUT2D eigenvalue weighted by molar-refractivity contribution is 6.04. The Labute approximate surface area is 232 Å². The third-order valence-electron chi connectivity index (χ3n) is 6.32. The van der Waals surface area contributed by atoms with E-state index in [1.165, 1.54) is 45.9 Å². The van der Waals surface area contributed by atoms with Gasteiger partial charge >= 0.3 is 6.18 Å². The highest BCUT2D eigenvalue weighted by Gasteiger charge is 2.34. The average molecular weight is 539 g/mol. The molecule has 0 spiro atoms. The van der Waals surface area contributed by atoms with Crippen LogP contribution in [0.2, 0.25) is 0 Å². The first-order chi connectivity index (χ1) is 21.1. The van der Waals surface area contributed by atoms with Gasteiger partial charge in [-0.25, -0.2) is 9.50 Å². The number of halogens is 3. The number of carbonyl (C=O) groups excluding carboxylic acids is 1. The summed E-state index contributed by atoms with van der Waals surface area (Å²) in [6.45, 7) is -3.86. The number of nitrogens with one attached hydrogen (secondary N) is 1. The predicted molar refractivity (Wildman–Crippen MR) is 142 cm³/mol. The van der Waals surface area contributed by atoms with Crippen LogP contribution in [0.3, 0.4) is 0 Å². The van der Waals surface area contributed by atoms with Gasteiger partial charge in [0.1, 0.15) is 5.69 Å². The average Bonchev–Trinajstić information content (AvgIpc) is 3.38. The van der Waals surface area contributed by atoms with Crippen molar-refractivity contribution in [1.29, 1.82) is 0 Å². The number of nitrogens with zero attached hydrogens (tertiary/aromatic N) is 5. The quantitative estimate of drug-likeness (QED) is 0.389. The molecule has 1 saturated heterocycles. The van der Waals surface area contributed by atoms with Crippen LogP contribution in [0.4, 0.5) is 18.9 Å². The monoisotopic (exact) mass is 538 g/mol. The van der Waals surface area contributed by atoms with Gasteiger partial charge in [-0.15, -0.1) is 0 Å². The van der Waals surface area contributed by atoms with Crippen LogP contribution in [0.15, 0.2) is 60.9 Å². The summed E-state index contributed by atoms with van der Waals surface area (Å²) in [5, 5.41) is 6.63. The molecule has 0 unspecified atom stereocenters. The highest BCUT2D eigenvalue weighted by atomic mass is 19.4. The first-order valence-electron chi connectivity index (χ1n) is 15.0. The SMILES string of the molecule is [2H]C([2H])([2H])c1ccc(C(=O)Nc2ccc(CN3CCN(C([2H])([2H])[2H])CC3)c(C(F)(F)F)c2)cc1C#Cc1cnc2cccnn12. The zero-order valence-corrected chi connectivity index (χ0v) is 20.6. The molecule has 200 valence electrons. The summed E-state index contributed by atoms with van der Waals surface area (Å²) in [7, 11) is 0. The smallest absolute Gasteiger partial charge is 0.322 e. The number of aromatic nitrogens is 3. The van der Waals surface area contributed by atoms with Crippen LogP contribution in [0, 0.1) is 18.7 Å². The molecule has 1 fully saturated rings. The lowest BCUT2D eigenvalue weighted by atomic mass is 10.0. The lowest BCUT2D eigenvalue weighted by Gasteiger charge is -2.33. The molecule has 0 atom stereocenters. The second kappa shape index (κ2) is 10.9. The fourth-order valence-corrected chi connectivity index (χ4v) is 4.24. The Bertz CT molecular complexity index is 1780. The number of amides is 1. The lowest BCUT2D eigenvalue weighted by Crippen LogP contribution is -2.44. The van der Waals surface area contributed by atoms with Gasteiger partial charge in [0.25, 0.3) is 5.91 Å². The van der Waals surface area contributed by atoms with Crippen molar-refractivity contribution in [3.05, 3.63) is 94.4 Å². The zero-order valence-electron chi connectivity index (χ0n) is 26.6. The number of piperazine rings is 1. The van der Waals surface area contributed by atoms with E-state index in [4.69, 9.17) is 8.22 Å². The van der Waals surface area contributed by atoms with Gasteiger partial charge in [0.05, 0.1) is 11.8 Å². The van der Waals surface area contributed by atoms with Crippen molar-refractivity contribution < 1.29 is 26.2 Å². The molecule has 1 aliphatic rings. The number of rotatable bonds is 4. The molecular weight excluding hydrogens is 505 g/mol. The Morgan fingerprint density at radius 2 is 1.95 bits per heavy atom. The van der Waals surface area contributed by atoms with Crippen LogP contribution in [0.5, 0.6) is 0 Å². The standard InChI is InChI=1S/C29H27F3N6O/c1-20-5-6-22(16-21(20)8-10-25-18-33-27-4-3-11-34-38(25)27)28(39)35-24-9-7-23(26(17-24)29(30,31)32)19-37-14-12-36(2)13-15-37/h3-7,9,11,16-18H,12-15,19H2,1-2H3,(H,35,39)/i1D3,2D3. The van der Waals surface area contributed by atoms with E-state index in [-0.39, 0.29) is 47.6 Å². The minimum Gasteiger partial charge on any atom is -0.322 e. The Morgan fingerprint density at radius 3 is 2.72 bits per heavy atom. The molecule has 1 N–H and O–H groups in total. The summed E-state index contributed by atoms with van der Waals surface area (Å²) >= 11 is 0. The number of likely N-dealkylation sites (N-methyl/N-ethyl adjacent to an activating group) is 1. The van der Waals surface area contributed by atoms with E-state index in [0.29, 0.717) is 24.4 Å². The molecule has 1 amide bonds. The van der Waals surface area contributed by atoms with Gasteiger partial charge in [-0.2, -0.15) is 18.3 Å². The third kappa shape index (κ3) is 6.11. The van der Waals surface area contributed by atoms with E-state index >= 15 is 0 Å². The van der Waals surface area contributed by atoms with Crippen molar-refractivity contribution in [3.63, 3.8) is 0 Å². The van der Waals surface area contributed by atoms with Crippen molar-refractivity contribution in [1.82, 2.24) is 24.4 Å². The zero-order chi connectivity index (χ0) is 32.6. The van der Waals surface area contributed by atoms with E-state index in [9.17, 15) is 18.0 Å². The van der Waals surface area contributed by atoms with E-state index in [0.717, 1.165) is 6.07 Å². The van der Waals surface area contributed by atoms with Crippen LogP contribution < -0.4 is 5.32 Å². The van der Waals surface area contributed by atoms with Crippen molar-refractivity contribution in [2.75, 3.05) is 38.5 Å². The third-order valence-corrected chi connectivity index (χ3v) is 6.32. The van der Waals surface area contributed by atoms with Crippen LogP contribution in [-0.4, -0.2) is 63.5 Å². The molecule has 0 radical (unpaired) electrons. The molecule has 3 heterocycles. The van der Waals surface area contributed by atoms with Gasteiger partial charge < -0.3 is 10.2 Å². The predicted octanol–water partition coefficient (Wildman–Crippen LogP) is 4.46. The number of imidazole rings is 1. The molecule has 0 bridgehead atoms. The van der Waals surface area contributed by atoms with Gasteiger partial charge in [0.15, 0.2) is 5.65 Å². The molecular formula is C29H27F3N6O. The number of benzene rings is 2. The normalized spacial score (nSPS) is 17.6. The van der Waals surface area contributed by atoms with Gasteiger partial charge in [-0.3, -0.25) is 9.69 Å². The molecule has 1 aliphatic heterocycles. The Morgan fingerprint density at radius 1 is 1.10 bits per heavy atom. The number of carbonyl (C=O) groups is 1. The van der Waals surface area contributed by atoms with Crippen LogP contribution >= 0.6 is 0 Å². The first kappa shape index (κ1) is 19.8. The topological polar surface area (TPSA) is 65.8 Å². The summed E-state index contributed by atoms with van der Waals surface area (Å²) in [6, 6.07) is 10.7. The van der Waals surface area contributed by atoms with E-state index < -0.39 is 31.5 Å². The fraction of sp³-hybridized carbons (Fsp3) is 0.276. The first-order valence-corrected chi connectivity index (χ1v) is 12.0. The van der Waals surface area contributed by atoms with E-state index in [1.54, 1.807) is 23.2 Å². The minimum atomic E-state index is -4.71. The number of anilines is 1. The number of fused-ring (bicyclic) bond motifs is 1. The summed E-state index contributed by atoms with van der Waals surface area (Å²) in [5.41, 5.74) is -0.188. The largest absolute Gasteiger partial charge is 0.416 e. The molecule has 10 heteroatoms. The lowest BCUT2D eigenvalue weighted by molar-refractivity contribution is -0.138. The molecule has 2 aromatic heterocycles. The van der Waals surface area contributed by atoms with Gasteiger partial charge in [0.2, 0.25) is 0 Å². The second-order valence-corrected chi connectivity index (χ2v) is 9.03. The van der Waals surface area contributed by atoms with Crippen molar-refractivity contribution in [2.45, 2.75) is 19.6 Å². The maximum atomic E-state index is 14.1. The number of alkyl halides is 3. The molecule has 0 saturated carbocycles. The van der Waals surface area contributed by atoms with Crippen LogP contribution in [-0.2, 0) is 12.7 Å².